The highest BCUT2D eigenvalue weighted by Crippen LogP contribution is 2.69. The van der Waals surface area contributed by atoms with Crippen LogP contribution in [0.25, 0.3) is 0 Å². The molecule has 7 heteroatoms. The third-order valence-corrected chi connectivity index (χ3v) is 6.43. The lowest BCUT2D eigenvalue weighted by Gasteiger charge is -2.59. The Hall–Kier alpha value is 2.32. The van der Waals surface area contributed by atoms with Gasteiger partial charge in [-0.1, -0.05) is 22.9 Å². The standard InChI is InChI=1S/C6H7Br5O2/c1-2-4(5(8,9)12)3(7)13-6(4,10)11/h3,12H,2H2,1H3. The van der Waals surface area contributed by atoms with Crippen LogP contribution in [0.3, 0.4) is 0 Å². The molecule has 0 bridgehead atoms. The highest BCUT2D eigenvalue weighted by Gasteiger charge is 2.72. The summed E-state index contributed by atoms with van der Waals surface area (Å²) in [4.78, 5) is 0. The van der Waals surface area contributed by atoms with Crippen LogP contribution in [0.2, 0.25) is 0 Å². The van der Waals surface area contributed by atoms with E-state index in [2.05, 4.69) is 79.6 Å². The van der Waals surface area contributed by atoms with Gasteiger partial charge in [-0.15, -0.1) is 0 Å². The second kappa shape index (κ2) is 3.96. The molecular weight excluding hydrogens is 504 g/mol. The summed E-state index contributed by atoms with van der Waals surface area (Å²) in [6.45, 7) is 1.97. The van der Waals surface area contributed by atoms with Gasteiger partial charge >= 0.3 is 0 Å². The van der Waals surface area contributed by atoms with Crippen molar-refractivity contribution in [3.8, 4) is 0 Å². The van der Waals surface area contributed by atoms with Gasteiger partial charge in [0.25, 0.3) is 0 Å². The largest absolute Gasteiger partial charge is 0.369 e. The van der Waals surface area contributed by atoms with Gasteiger partial charge in [-0.2, -0.15) is 0 Å². The Morgan fingerprint density at radius 2 is 1.92 bits per heavy atom. The molecular formula is C6H7Br5O2. The predicted molar refractivity (Wildman–Crippen MR) is 69.9 cm³/mol. The Kier molecular flexibility index (Phi) is 4.08. The van der Waals surface area contributed by atoms with Gasteiger partial charge in [0.15, 0.2) is 6.84 Å². The van der Waals surface area contributed by atoms with Gasteiger partial charge < -0.3 is 9.84 Å². The summed E-state index contributed by atoms with van der Waals surface area (Å²) in [6, 6.07) is 0. The number of hydrogen-bond acceptors (Lipinski definition) is 2. The van der Waals surface area contributed by atoms with Gasteiger partial charge in [-0.05, 0) is 70.1 Å². The van der Waals surface area contributed by atoms with Crippen LogP contribution in [0.5, 0.6) is 0 Å². The first-order valence-electron chi connectivity index (χ1n) is 3.49. The Labute approximate surface area is 119 Å². The zero-order valence-electron chi connectivity index (χ0n) is 6.53. The molecule has 1 aliphatic rings. The van der Waals surface area contributed by atoms with E-state index in [1.807, 2.05) is 6.92 Å². The van der Waals surface area contributed by atoms with Gasteiger partial charge in [-0.3, -0.25) is 0 Å². The van der Waals surface area contributed by atoms with Crippen molar-refractivity contribution < 1.29 is 9.84 Å². The van der Waals surface area contributed by atoms with Crippen molar-refractivity contribution in [1.29, 1.82) is 0 Å². The summed E-state index contributed by atoms with van der Waals surface area (Å²) in [5.74, 6) is 0. The average Bonchev–Trinajstić information content (AvgIpc) is 1.82. The minimum absolute atomic E-state index is 0.229. The maximum atomic E-state index is 9.96. The second-order valence-electron chi connectivity index (χ2n) is 2.82. The number of ether oxygens (including phenoxy) is 1. The SMILES string of the molecule is CCC1(C(O)(Br)Br)C(Br)OC1(Br)Br. The summed E-state index contributed by atoms with van der Waals surface area (Å²) in [7, 11) is 0. The number of aliphatic hydroxyl groups is 1. The van der Waals surface area contributed by atoms with Crippen LogP contribution in [-0.4, -0.2) is 17.0 Å². The van der Waals surface area contributed by atoms with Crippen LogP contribution in [0.1, 0.15) is 13.3 Å². The molecule has 0 aromatic rings. The van der Waals surface area contributed by atoms with E-state index in [9.17, 15) is 5.11 Å². The van der Waals surface area contributed by atoms with Crippen LogP contribution >= 0.6 is 79.6 Å². The highest BCUT2D eigenvalue weighted by atomic mass is 79.9. The van der Waals surface area contributed by atoms with Crippen molar-refractivity contribution in [1.82, 2.24) is 0 Å². The molecule has 2 nitrogen and oxygen atoms in total. The van der Waals surface area contributed by atoms with Crippen molar-refractivity contribution in [2.45, 2.75) is 25.2 Å². The Balaban J connectivity index is 3.06. The monoisotopic (exact) mass is 506 g/mol. The molecule has 1 aliphatic heterocycles. The first-order chi connectivity index (χ1) is 5.69. The average molecular weight is 511 g/mol. The molecule has 1 fully saturated rings. The molecule has 0 radical (unpaired) electrons. The van der Waals surface area contributed by atoms with E-state index in [0.717, 1.165) is 0 Å². The fourth-order valence-corrected chi connectivity index (χ4v) is 8.81. The van der Waals surface area contributed by atoms with Crippen molar-refractivity contribution in [3.05, 3.63) is 0 Å². The van der Waals surface area contributed by atoms with Gasteiger partial charge in [0.2, 0.25) is 0 Å². The van der Waals surface area contributed by atoms with Crippen molar-refractivity contribution in [2.75, 3.05) is 0 Å². The van der Waals surface area contributed by atoms with E-state index in [-0.39, 0.29) is 5.01 Å². The first kappa shape index (κ1) is 13.4. The van der Waals surface area contributed by atoms with Gasteiger partial charge in [0.1, 0.15) is 10.4 Å². The van der Waals surface area contributed by atoms with Gasteiger partial charge in [-0.25, -0.2) is 0 Å². The minimum Gasteiger partial charge on any atom is -0.369 e. The second-order valence-corrected chi connectivity index (χ2v) is 10.3. The molecule has 1 N–H and O–H groups in total. The van der Waals surface area contributed by atoms with Crippen molar-refractivity contribution >= 4 is 79.6 Å². The molecule has 1 saturated heterocycles. The fourth-order valence-electron chi connectivity index (χ4n) is 1.30. The van der Waals surface area contributed by atoms with E-state index < -0.39 is 12.3 Å². The zero-order chi connectivity index (χ0) is 10.5. The highest BCUT2D eigenvalue weighted by molar-refractivity contribution is 9.26. The molecule has 0 saturated carbocycles. The van der Waals surface area contributed by atoms with Crippen LogP contribution in [0.15, 0.2) is 0 Å². The Morgan fingerprint density at radius 3 is 2.00 bits per heavy atom. The minimum atomic E-state index is -1.19. The molecule has 0 aliphatic carbocycles. The number of alkyl halides is 5. The summed E-state index contributed by atoms with van der Waals surface area (Å²) < 4.78 is 3.47. The smallest absolute Gasteiger partial charge is 0.192 e. The van der Waals surface area contributed by atoms with E-state index in [1.54, 1.807) is 0 Å². The zero-order valence-corrected chi connectivity index (χ0v) is 14.5. The predicted octanol–water partition coefficient (Wildman–Crippen LogP) is 4.01. The molecule has 0 spiro atoms. The lowest BCUT2D eigenvalue weighted by Crippen LogP contribution is -2.67. The maximum Gasteiger partial charge on any atom is 0.192 e. The quantitative estimate of drug-likeness (QED) is 0.569. The number of rotatable bonds is 2. The molecule has 0 amide bonds. The molecule has 0 aromatic carbocycles. The summed E-state index contributed by atoms with van der Waals surface area (Å²) in [6.07, 6.45) is 0.715. The van der Waals surface area contributed by atoms with E-state index in [0.29, 0.717) is 6.42 Å². The van der Waals surface area contributed by atoms with Crippen molar-refractivity contribution in [2.24, 2.45) is 5.41 Å². The van der Waals surface area contributed by atoms with E-state index in [1.165, 1.54) is 0 Å². The first-order valence-corrected chi connectivity index (χ1v) is 7.57. The van der Waals surface area contributed by atoms with Crippen LogP contribution in [0.4, 0.5) is 0 Å². The molecule has 0 aromatic heterocycles. The molecule has 1 rings (SSSR count). The number of hydrogen-bond donors (Lipinski definition) is 1. The Morgan fingerprint density at radius 1 is 1.46 bits per heavy atom. The third-order valence-electron chi connectivity index (χ3n) is 2.25. The van der Waals surface area contributed by atoms with E-state index in [4.69, 9.17) is 4.74 Å². The molecule has 78 valence electrons. The van der Waals surface area contributed by atoms with Crippen molar-refractivity contribution in [3.63, 3.8) is 0 Å². The Bertz CT molecular complexity index is 201. The fraction of sp³-hybridized carbons (Fsp3) is 1.00. The summed E-state index contributed by atoms with van der Waals surface area (Å²) in [5.41, 5.74) is -0.528. The lowest BCUT2D eigenvalue weighted by atomic mass is 9.84. The third kappa shape index (κ3) is 1.85. The summed E-state index contributed by atoms with van der Waals surface area (Å²) >= 11 is 16.5. The van der Waals surface area contributed by atoms with Gasteiger partial charge in [0, 0.05) is 0 Å². The normalized spacial score (nSPS) is 38.5. The number of halogens is 5. The molecule has 13 heavy (non-hydrogen) atoms. The molecule has 2 atom stereocenters. The van der Waals surface area contributed by atoms with Crippen LogP contribution in [-0.2, 0) is 4.74 Å². The lowest BCUT2D eigenvalue weighted by molar-refractivity contribution is -0.204. The topological polar surface area (TPSA) is 29.5 Å². The van der Waals surface area contributed by atoms with Crippen LogP contribution < -0.4 is 0 Å². The maximum absolute atomic E-state index is 9.96. The van der Waals surface area contributed by atoms with Gasteiger partial charge in [0.05, 0.1) is 0 Å². The molecule has 2 unspecified atom stereocenters. The molecule has 1 heterocycles. The van der Waals surface area contributed by atoms with Crippen LogP contribution in [0, 0.1) is 5.41 Å². The van der Waals surface area contributed by atoms with E-state index >= 15 is 0 Å². The summed E-state index contributed by atoms with van der Waals surface area (Å²) in [5, 5.41) is 9.73.